The molecule has 0 saturated carbocycles. The van der Waals surface area contributed by atoms with Crippen molar-refractivity contribution in [1.29, 1.82) is 0 Å². The van der Waals surface area contributed by atoms with E-state index in [2.05, 4.69) is 20.7 Å². The largest absolute Gasteiger partial charge is 0.460 e. The van der Waals surface area contributed by atoms with Crippen molar-refractivity contribution in [2.45, 2.75) is 18.0 Å². The van der Waals surface area contributed by atoms with Gasteiger partial charge < -0.3 is 4.74 Å². The van der Waals surface area contributed by atoms with Gasteiger partial charge in [0, 0.05) is 4.47 Å². The molecular formula is C11H6BrF7O2. The van der Waals surface area contributed by atoms with Gasteiger partial charge in [-0.05, 0) is 24.3 Å². The highest BCUT2D eigenvalue weighted by molar-refractivity contribution is 9.10. The number of benzene rings is 1. The second kappa shape index (κ2) is 5.82. The van der Waals surface area contributed by atoms with E-state index in [4.69, 9.17) is 0 Å². The van der Waals surface area contributed by atoms with Crippen LogP contribution in [0.4, 0.5) is 30.7 Å². The Labute approximate surface area is 122 Å². The zero-order chi connectivity index (χ0) is 16.5. The number of carbonyl (C=O) groups is 1. The monoisotopic (exact) mass is 382 g/mol. The second-order valence-electron chi connectivity index (χ2n) is 3.86. The molecule has 0 atom stereocenters. The molecule has 1 aromatic rings. The van der Waals surface area contributed by atoms with Crippen LogP contribution in [-0.2, 0) is 4.74 Å². The van der Waals surface area contributed by atoms with Crippen LogP contribution in [0.1, 0.15) is 10.4 Å². The van der Waals surface area contributed by atoms with E-state index < -0.39 is 30.6 Å². The van der Waals surface area contributed by atoms with Crippen molar-refractivity contribution >= 4 is 21.9 Å². The lowest BCUT2D eigenvalue weighted by Gasteiger charge is -2.27. The fourth-order valence-electron chi connectivity index (χ4n) is 1.12. The van der Waals surface area contributed by atoms with Gasteiger partial charge in [0.15, 0.2) is 6.61 Å². The Morgan fingerprint density at radius 3 is 1.90 bits per heavy atom. The summed E-state index contributed by atoms with van der Waals surface area (Å²) in [6.45, 7) is -2.39. The van der Waals surface area contributed by atoms with E-state index in [0.717, 1.165) is 12.1 Å². The summed E-state index contributed by atoms with van der Waals surface area (Å²) in [6.07, 6.45) is -6.46. The van der Waals surface area contributed by atoms with Crippen molar-refractivity contribution in [3.05, 3.63) is 34.3 Å². The fourth-order valence-corrected chi connectivity index (χ4v) is 1.39. The third-order valence-corrected chi connectivity index (χ3v) is 2.81. The maximum absolute atomic E-state index is 12.9. The van der Waals surface area contributed by atoms with Crippen LogP contribution in [0.3, 0.4) is 0 Å². The maximum atomic E-state index is 12.9. The zero-order valence-corrected chi connectivity index (χ0v) is 11.4. The third-order valence-electron chi connectivity index (χ3n) is 2.28. The normalized spacial score (nSPS) is 13.1. The van der Waals surface area contributed by atoms with Gasteiger partial charge in [-0.3, -0.25) is 0 Å². The quantitative estimate of drug-likeness (QED) is 0.568. The minimum absolute atomic E-state index is 0.274. The Morgan fingerprint density at radius 1 is 1.00 bits per heavy atom. The molecule has 0 aliphatic rings. The lowest BCUT2D eigenvalue weighted by molar-refractivity contribution is -0.359. The van der Waals surface area contributed by atoms with Gasteiger partial charge in [-0.15, -0.1) is 0 Å². The topological polar surface area (TPSA) is 26.3 Å². The first-order valence-electron chi connectivity index (χ1n) is 5.13. The SMILES string of the molecule is O=C(OCC(F)(F)C(F)(F)C(F)(F)F)c1ccc(Br)cc1. The van der Waals surface area contributed by atoms with Crippen LogP contribution in [0, 0.1) is 0 Å². The van der Waals surface area contributed by atoms with Gasteiger partial charge in [-0.2, -0.15) is 30.7 Å². The first-order chi connectivity index (χ1) is 9.38. The number of hydrogen-bond donors (Lipinski definition) is 0. The second-order valence-corrected chi connectivity index (χ2v) is 4.78. The lowest BCUT2D eigenvalue weighted by Crippen LogP contribution is -2.54. The van der Waals surface area contributed by atoms with E-state index in [9.17, 15) is 35.5 Å². The van der Waals surface area contributed by atoms with Gasteiger partial charge in [0.05, 0.1) is 5.56 Å². The summed E-state index contributed by atoms with van der Waals surface area (Å²) in [6, 6.07) is 4.90. The van der Waals surface area contributed by atoms with E-state index in [1.165, 1.54) is 12.1 Å². The number of hydrogen-bond acceptors (Lipinski definition) is 2. The van der Waals surface area contributed by atoms with Crippen LogP contribution in [0.2, 0.25) is 0 Å². The molecule has 0 spiro atoms. The molecule has 0 N–H and O–H groups in total. The standard InChI is InChI=1S/C11H6BrF7O2/c12-7-3-1-6(2-4-7)8(20)21-5-9(13,14)10(15,16)11(17,18)19/h1-4H,5H2. The van der Waals surface area contributed by atoms with Crippen molar-refractivity contribution < 1.29 is 40.3 Å². The maximum Gasteiger partial charge on any atom is 0.460 e. The predicted octanol–water partition coefficient (Wildman–Crippen LogP) is 4.44. The van der Waals surface area contributed by atoms with Gasteiger partial charge in [-0.25, -0.2) is 4.79 Å². The summed E-state index contributed by atoms with van der Waals surface area (Å²) in [5.74, 6) is -13.3. The minimum Gasteiger partial charge on any atom is -0.455 e. The fraction of sp³-hybridized carbons (Fsp3) is 0.364. The Bertz CT molecular complexity index is 510. The molecule has 21 heavy (non-hydrogen) atoms. The molecule has 0 amide bonds. The Balaban J connectivity index is 2.78. The highest BCUT2D eigenvalue weighted by Gasteiger charge is 2.73. The minimum atomic E-state index is -6.46. The Kier molecular flexibility index (Phi) is 4.91. The van der Waals surface area contributed by atoms with E-state index in [-0.39, 0.29) is 5.56 Å². The highest BCUT2D eigenvalue weighted by Crippen LogP contribution is 2.46. The summed E-state index contributed by atoms with van der Waals surface area (Å²) in [5.41, 5.74) is -0.274. The van der Waals surface area contributed by atoms with Gasteiger partial charge in [0.25, 0.3) is 0 Å². The van der Waals surface area contributed by atoms with E-state index >= 15 is 0 Å². The molecule has 10 heteroatoms. The van der Waals surface area contributed by atoms with Crippen LogP contribution in [0.5, 0.6) is 0 Å². The molecule has 0 saturated heterocycles. The summed E-state index contributed by atoms with van der Waals surface area (Å²) in [4.78, 5) is 11.3. The van der Waals surface area contributed by atoms with Crippen LogP contribution in [0.15, 0.2) is 28.7 Å². The molecule has 0 heterocycles. The van der Waals surface area contributed by atoms with Gasteiger partial charge in [0.2, 0.25) is 0 Å². The molecule has 0 bridgehead atoms. The highest BCUT2D eigenvalue weighted by atomic mass is 79.9. The average molecular weight is 383 g/mol. The number of rotatable bonds is 4. The van der Waals surface area contributed by atoms with E-state index in [1.54, 1.807) is 0 Å². The van der Waals surface area contributed by atoms with E-state index in [1.807, 2.05) is 0 Å². The van der Waals surface area contributed by atoms with Crippen molar-refractivity contribution in [2.75, 3.05) is 6.61 Å². The summed E-state index contributed by atoms with van der Waals surface area (Å²) in [5, 5.41) is 0. The van der Waals surface area contributed by atoms with Gasteiger partial charge in [-0.1, -0.05) is 15.9 Å². The van der Waals surface area contributed by atoms with Crippen molar-refractivity contribution in [3.8, 4) is 0 Å². The Hall–Kier alpha value is -1.32. The summed E-state index contributed by atoms with van der Waals surface area (Å²) < 4.78 is 90.8. The molecule has 0 unspecified atom stereocenters. The van der Waals surface area contributed by atoms with Crippen LogP contribution >= 0.6 is 15.9 Å². The molecule has 0 aliphatic heterocycles. The van der Waals surface area contributed by atoms with Crippen LogP contribution in [0.25, 0.3) is 0 Å². The van der Waals surface area contributed by atoms with Gasteiger partial charge in [0.1, 0.15) is 0 Å². The molecule has 118 valence electrons. The van der Waals surface area contributed by atoms with Crippen molar-refractivity contribution in [3.63, 3.8) is 0 Å². The summed E-state index contributed by atoms with van der Waals surface area (Å²) in [7, 11) is 0. The number of esters is 1. The van der Waals surface area contributed by atoms with Crippen LogP contribution in [-0.4, -0.2) is 30.6 Å². The molecule has 0 radical (unpaired) electrons. The molecule has 0 aromatic heterocycles. The predicted molar refractivity (Wildman–Crippen MR) is 60.4 cm³/mol. The summed E-state index contributed by atoms with van der Waals surface area (Å²) >= 11 is 3.02. The lowest BCUT2D eigenvalue weighted by atomic mass is 10.1. The number of alkyl halides is 7. The zero-order valence-electron chi connectivity index (χ0n) is 9.86. The van der Waals surface area contributed by atoms with Crippen molar-refractivity contribution in [2.24, 2.45) is 0 Å². The average Bonchev–Trinajstić information content (AvgIpc) is 2.35. The first kappa shape index (κ1) is 17.7. The first-order valence-corrected chi connectivity index (χ1v) is 5.93. The Morgan fingerprint density at radius 2 is 1.48 bits per heavy atom. The van der Waals surface area contributed by atoms with Crippen LogP contribution < -0.4 is 0 Å². The van der Waals surface area contributed by atoms with E-state index in [0.29, 0.717) is 4.47 Å². The molecule has 0 aliphatic carbocycles. The third kappa shape index (κ3) is 3.86. The van der Waals surface area contributed by atoms with Crippen molar-refractivity contribution in [1.82, 2.24) is 0 Å². The number of halogens is 8. The molecule has 1 aromatic carbocycles. The molecule has 1 rings (SSSR count). The van der Waals surface area contributed by atoms with Gasteiger partial charge >= 0.3 is 24.0 Å². The smallest absolute Gasteiger partial charge is 0.455 e. The molecule has 2 nitrogen and oxygen atoms in total. The molecular weight excluding hydrogens is 377 g/mol. The molecule has 0 fully saturated rings. The number of ether oxygens (including phenoxy) is 1. The number of carbonyl (C=O) groups excluding carboxylic acids is 1.